The van der Waals surface area contributed by atoms with Crippen LogP contribution in [0.2, 0.25) is 0 Å². The van der Waals surface area contributed by atoms with Gasteiger partial charge in [0, 0.05) is 5.41 Å². The molecule has 0 radical (unpaired) electrons. The van der Waals surface area contributed by atoms with Crippen LogP contribution in [0.3, 0.4) is 0 Å². The highest BCUT2D eigenvalue weighted by Crippen LogP contribution is 2.22. The number of nitrogens with zero attached hydrogens (tertiary/aromatic N) is 1. The number of hydrogen-bond acceptors (Lipinski definition) is 3. The van der Waals surface area contributed by atoms with Gasteiger partial charge in [0.1, 0.15) is 0 Å². The number of carbonyl (C=O) groups is 1. The summed E-state index contributed by atoms with van der Waals surface area (Å²) in [5.74, 6) is -0.0683. The zero-order valence-corrected chi connectivity index (χ0v) is 10.8. The first-order valence-electron chi connectivity index (χ1n) is 5.54. The molecule has 94 valence electrons. The Bertz CT molecular complexity index is 287. The van der Waals surface area contributed by atoms with Crippen LogP contribution >= 0.6 is 0 Å². The Labute approximate surface area is 97.1 Å². The van der Waals surface area contributed by atoms with E-state index in [4.69, 9.17) is 10.9 Å². The summed E-state index contributed by atoms with van der Waals surface area (Å²) in [5.41, 5.74) is 4.33. The van der Waals surface area contributed by atoms with Gasteiger partial charge < -0.3 is 16.3 Å². The average molecular weight is 229 g/mol. The van der Waals surface area contributed by atoms with Gasteiger partial charge in [0.15, 0.2) is 5.84 Å². The number of amidine groups is 1. The zero-order valence-electron chi connectivity index (χ0n) is 10.8. The van der Waals surface area contributed by atoms with Crippen LogP contribution in [-0.4, -0.2) is 22.5 Å². The lowest BCUT2D eigenvalue weighted by Crippen LogP contribution is -2.57. The summed E-state index contributed by atoms with van der Waals surface area (Å²) < 4.78 is 0. The molecule has 0 aliphatic carbocycles. The fraction of sp³-hybridized carbons (Fsp3) is 0.818. The minimum absolute atomic E-state index is 0.0234. The minimum Gasteiger partial charge on any atom is -0.409 e. The zero-order chi connectivity index (χ0) is 13.0. The molecule has 0 aromatic carbocycles. The third kappa shape index (κ3) is 3.12. The Morgan fingerprint density at radius 1 is 1.31 bits per heavy atom. The molecule has 0 spiro atoms. The molecule has 16 heavy (non-hydrogen) atoms. The van der Waals surface area contributed by atoms with Gasteiger partial charge in [-0.05, 0) is 19.8 Å². The summed E-state index contributed by atoms with van der Waals surface area (Å²) in [6.07, 6.45) is 1.29. The summed E-state index contributed by atoms with van der Waals surface area (Å²) in [6, 6.07) is 0. The van der Waals surface area contributed by atoms with Crippen LogP contribution in [0, 0.1) is 5.41 Å². The molecule has 0 aliphatic rings. The van der Waals surface area contributed by atoms with Crippen molar-refractivity contribution in [2.75, 3.05) is 0 Å². The number of amides is 1. The highest BCUT2D eigenvalue weighted by molar-refractivity contribution is 5.94. The van der Waals surface area contributed by atoms with Crippen LogP contribution in [0.1, 0.15) is 47.5 Å². The molecule has 0 aromatic rings. The van der Waals surface area contributed by atoms with Gasteiger partial charge in [-0.25, -0.2) is 0 Å². The Kier molecular flexibility index (Phi) is 4.78. The number of nitrogens with two attached hydrogens (primary N) is 1. The van der Waals surface area contributed by atoms with E-state index in [9.17, 15) is 4.79 Å². The van der Waals surface area contributed by atoms with Crippen molar-refractivity contribution in [2.24, 2.45) is 16.3 Å². The molecule has 1 atom stereocenters. The molecule has 0 saturated carbocycles. The van der Waals surface area contributed by atoms with Gasteiger partial charge in [-0.15, -0.1) is 0 Å². The quantitative estimate of drug-likeness (QED) is 0.288. The smallest absolute Gasteiger partial charge is 0.226 e. The van der Waals surface area contributed by atoms with Crippen molar-refractivity contribution in [2.45, 2.75) is 53.0 Å². The lowest BCUT2D eigenvalue weighted by molar-refractivity contribution is -0.130. The molecular weight excluding hydrogens is 206 g/mol. The highest BCUT2D eigenvalue weighted by Gasteiger charge is 2.34. The molecule has 1 amide bonds. The van der Waals surface area contributed by atoms with Gasteiger partial charge in [0.05, 0.1) is 5.54 Å². The summed E-state index contributed by atoms with van der Waals surface area (Å²) in [6.45, 7) is 9.30. The minimum atomic E-state index is -0.793. The molecule has 5 nitrogen and oxygen atoms in total. The van der Waals surface area contributed by atoms with Crippen molar-refractivity contribution in [3.63, 3.8) is 0 Å². The van der Waals surface area contributed by atoms with Gasteiger partial charge in [-0.3, -0.25) is 4.79 Å². The fourth-order valence-electron chi connectivity index (χ4n) is 1.02. The van der Waals surface area contributed by atoms with Crippen LogP contribution in [0.5, 0.6) is 0 Å². The first kappa shape index (κ1) is 14.7. The highest BCUT2D eigenvalue weighted by atomic mass is 16.4. The summed E-state index contributed by atoms with van der Waals surface area (Å²) in [5, 5.41) is 14.5. The fourth-order valence-corrected chi connectivity index (χ4v) is 1.02. The largest absolute Gasteiger partial charge is 0.409 e. The number of carbonyl (C=O) groups excluding carboxylic acids is 1. The average Bonchev–Trinajstić information content (AvgIpc) is 2.27. The normalized spacial score (nSPS) is 16.7. The third-order valence-electron chi connectivity index (χ3n) is 3.27. The molecule has 0 heterocycles. The standard InChI is InChI=1S/C11H23N3O2/c1-6-10(3,4)9(15)13-11(5,7-2)8(12)14-16/h16H,6-7H2,1-5H3,(H2,12,14)(H,13,15). The summed E-state index contributed by atoms with van der Waals surface area (Å²) in [4.78, 5) is 12.0. The van der Waals surface area contributed by atoms with E-state index in [1.165, 1.54) is 0 Å². The molecule has 5 heteroatoms. The molecule has 0 bridgehead atoms. The SMILES string of the molecule is CCC(C)(C)C(=O)NC(C)(CC)C(N)=NO. The van der Waals surface area contributed by atoms with Gasteiger partial charge in [0.2, 0.25) is 5.91 Å². The van der Waals surface area contributed by atoms with E-state index in [0.29, 0.717) is 6.42 Å². The second-order valence-electron chi connectivity index (χ2n) is 4.86. The van der Waals surface area contributed by atoms with E-state index >= 15 is 0 Å². The van der Waals surface area contributed by atoms with Gasteiger partial charge in [-0.2, -0.15) is 0 Å². The van der Waals surface area contributed by atoms with Crippen LogP contribution < -0.4 is 11.1 Å². The Morgan fingerprint density at radius 3 is 2.12 bits per heavy atom. The monoisotopic (exact) mass is 229 g/mol. The van der Waals surface area contributed by atoms with E-state index in [1.54, 1.807) is 6.92 Å². The van der Waals surface area contributed by atoms with Crippen LogP contribution in [-0.2, 0) is 4.79 Å². The molecule has 1 unspecified atom stereocenters. The Hall–Kier alpha value is -1.26. The van der Waals surface area contributed by atoms with Crippen LogP contribution in [0.4, 0.5) is 0 Å². The van der Waals surface area contributed by atoms with E-state index in [0.717, 1.165) is 6.42 Å². The maximum absolute atomic E-state index is 12.0. The predicted octanol–water partition coefficient (Wildman–Crippen LogP) is 1.45. The third-order valence-corrected chi connectivity index (χ3v) is 3.27. The van der Waals surface area contributed by atoms with Crippen LogP contribution in [0.25, 0.3) is 0 Å². The molecule has 0 aliphatic heterocycles. The number of hydrogen-bond donors (Lipinski definition) is 3. The number of oxime groups is 1. The molecule has 0 saturated heterocycles. The predicted molar refractivity (Wildman–Crippen MR) is 64.3 cm³/mol. The summed E-state index contributed by atoms with van der Waals surface area (Å²) >= 11 is 0. The lowest BCUT2D eigenvalue weighted by Gasteiger charge is -2.32. The van der Waals surface area contributed by atoms with Gasteiger partial charge in [0.25, 0.3) is 0 Å². The number of rotatable bonds is 5. The van der Waals surface area contributed by atoms with E-state index in [2.05, 4.69) is 10.5 Å². The number of nitrogens with one attached hydrogen (secondary N) is 1. The maximum Gasteiger partial charge on any atom is 0.226 e. The first-order chi connectivity index (χ1) is 7.23. The first-order valence-corrected chi connectivity index (χ1v) is 5.54. The van der Waals surface area contributed by atoms with Gasteiger partial charge >= 0.3 is 0 Å². The summed E-state index contributed by atoms with van der Waals surface area (Å²) in [7, 11) is 0. The van der Waals surface area contributed by atoms with Crippen molar-refractivity contribution in [3.8, 4) is 0 Å². The van der Waals surface area contributed by atoms with Crippen molar-refractivity contribution in [1.82, 2.24) is 5.32 Å². The van der Waals surface area contributed by atoms with E-state index in [1.807, 2.05) is 27.7 Å². The lowest BCUT2D eigenvalue weighted by atomic mass is 9.87. The maximum atomic E-state index is 12.0. The molecule has 0 fully saturated rings. The topological polar surface area (TPSA) is 87.7 Å². The van der Waals surface area contributed by atoms with Crippen LogP contribution in [0.15, 0.2) is 5.16 Å². The Morgan fingerprint density at radius 2 is 1.81 bits per heavy atom. The molecule has 0 aromatic heterocycles. The van der Waals surface area contributed by atoms with E-state index in [-0.39, 0.29) is 11.7 Å². The second kappa shape index (κ2) is 5.18. The second-order valence-corrected chi connectivity index (χ2v) is 4.86. The molecular formula is C11H23N3O2. The van der Waals surface area contributed by atoms with Crippen molar-refractivity contribution < 1.29 is 10.0 Å². The van der Waals surface area contributed by atoms with Gasteiger partial charge in [-0.1, -0.05) is 32.9 Å². The van der Waals surface area contributed by atoms with Crippen molar-refractivity contribution in [1.29, 1.82) is 0 Å². The van der Waals surface area contributed by atoms with Crippen molar-refractivity contribution in [3.05, 3.63) is 0 Å². The van der Waals surface area contributed by atoms with Crippen molar-refractivity contribution >= 4 is 11.7 Å². The Balaban J connectivity index is 4.88. The van der Waals surface area contributed by atoms with E-state index < -0.39 is 11.0 Å². The molecule has 0 rings (SSSR count). The molecule has 4 N–H and O–H groups in total.